The fraction of sp³-hybridized carbons (Fsp3) is 0. The minimum absolute atomic E-state index is 0.191. The summed E-state index contributed by atoms with van der Waals surface area (Å²) in [5, 5.41) is 10.9. The van der Waals surface area contributed by atoms with Gasteiger partial charge >= 0.3 is 0 Å². The Kier molecular flexibility index (Phi) is 4.24. The fourth-order valence-corrected chi connectivity index (χ4v) is 3.78. The molecule has 9 nitrogen and oxygen atoms in total. The first kappa shape index (κ1) is 17.6. The Bertz CT molecular complexity index is 1270. The zero-order valence-corrected chi connectivity index (χ0v) is 15.1. The molecule has 0 atom stereocenters. The summed E-state index contributed by atoms with van der Waals surface area (Å²) < 4.78 is 29.4. The molecule has 0 spiro atoms. The molecule has 0 aliphatic rings. The van der Waals surface area contributed by atoms with Gasteiger partial charge in [0.2, 0.25) is 5.78 Å². The van der Waals surface area contributed by atoms with Crippen LogP contribution in [0.15, 0.2) is 78.1 Å². The SMILES string of the molecule is O=[N+]([O-])c1cccc(S(=O)(=O)Nc2cccc(-c3cn4cccnc4n3)c2)c1. The van der Waals surface area contributed by atoms with Crippen molar-refractivity contribution in [3.63, 3.8) is 0 Å². The zero-order valence-electron chi connectivity index (χ0n) is 14.3. The van der Waals surface area contributed by atoms with E-state index in [-0.39, 0.29) is 10.6 Å². The lowest BCUT2D eigenvalue weighted by molar-refractivity contribution is -0.385. The average molecular weight is 395 g/mol. The molecule has 0 saturated heterocycles. The molecule has 0 aliphatic carbocycles. The van der Waals surface area contributed by atoms with Crippen LogP contribution in [-0.4, -0.2) is 27.7 Å². The Labute approximate surface area is 159 Å². The number of benzene rings is 2. The van der Waals surface area contributed by atoms with Crippen molar-refractivity contribution in [2.45, 2.75) is 4.90 Å². The molecule has 4 rings (SSSR count). The first-order chi connectivity index (χ1) is 13.4. The molecule has 0 amide bonds. The Morgan fingerprint density at radius 3 is 2.68 bits per heavy atom. The first-order valence-electron chi connectivity index (χ1n) is 8.10. The van der Waals surface area contributed by atoms with Gasteiger partial charge in [-0.15, -0.1) is 0 Å². The summed E-state index contributed by atoms with van der Waals surface area (Å²) in [5.41, 5.74) is 1.35. The number of nitro benzene ring substituents is 1. The van der Waals surface area contributed by atoms with Crippen LogP contribution in [-0.2, 0) is 10.0 Å². The van der Waals surface area contributed by atoms with Crippen LogP contribution in [0.25, 0.3) is 17.0 Å². The predicted molar refractivity (Wildman–Crippen MR) is 102 cm³/mol. The molecule has 2 heterocycles. The lowest BCUT2D eigenvalue weighted by Gasteiger charge is -2.09. The van der Waals surface area contributed by atoms with Gasteiger partial charge < -0.3 is 0 Å². The third kappa shape index (κ3) is 3.40. The number of rotatable bonds is 5. The molecule has 0 radical (unpaired) electrons. The van der Waals surface area contributed by atoms with E-state index in [9.17, 15) is 18.5 Å². The van der Waals surface area contributed by atoms with E-state index < -0.39 is 14.9 Å². The summed E-state index contributed by atoms with van der Waals surface area (Å²) in [6.45, 7) is 0. The predicted octanol–water partition coefficient (Wildman–Crippen LogP) is 3.11. The van der Waals surface area contributed by atoms with E-state index in [0.717, 1.165) is 6.07 Å². The fourth-order valence-electron chi connectivity index (χ4n) is 2.69. The number of sulfonamides is 1. The molecule has 28 heavy (non-hydrogen) atoms. The van der Waals surface area contributed by atoms with Crippen molar-refractivity contribution >= 4 is 27.2 Å². The second-order valence-electron chi connectivity index (χ2n) is 5.89. The highest BCUT2D eigenvalue weighted by Crippen LogP contribution is 2.25. The largest absolute Gasteiger partial charge is 0.291 e. The van der Waals surface area contributed by atoms with Crippen molar-refractivity contribution in [2.75, 3.05) is 4.72 Å². The molecule has 2 aromatic heterocycles. The summed E-state index contributed by atoms with van der Waals surface area (Å²) in [6, 6.07) is 13.4. The quantitative estimate of drug-likeness (QED) is 0.410. The number of nitrogens with one attached hydrogen (secondary N) is 1. The standard InChI is InChI=1S/C18H13N5O4S/c24-23(25)15-6-2-7-16(11-15)28(26,27)21-14-5-1-4-13(10-14)17-12-22-9-3-8-19-18(22)20-17/h1-12,21H. The number of hydrogen-bond donors (Lipinski definition) is 1. The monoisotopic (exact) mass is 395 g/mol. The van der Waals surface area contributed by atoms with Crippen molar-refractivity contribution in [1.82, 2.24) is 14.4 Å². The molecule has 0 saturated carbocycles. The van der Waals surface area contributed by atoms with Crippen molar-refractivity contribution < 1.29 is 13.3 Å². The smallest absolute Gasteiger partial charge is 0.270 e. The van der Waals surface area contributed by atoms with Crippen LogP contribution in [0, 0.1) is 10.1 Å². The first-order valence-corrected chi connectivity index (χ1v) is 9.58. The normalized spacial score (nSPS) is 11.4. The van der Waals surface area contributed by atoms with Crippen LogP contribution >= 0.6 is 0 Å². The highest BCUT2D eigenvalue weighted by Gasteiger charge is 2.18. The Hall–Kier alpha value is -3.79. The molecule has 0 fully saturated rings. The number of anilines is 1. The molecule has 0 aliphatic heterocycles. The van der Waals surface area contributed by atoms with Gasteiger partial charge in [0.1, 0.15) is 0 Å². The molecular formula is C18H13N5O4S. The van der Waals surface area contributed by atoms with Gasteiger partial charge in [-0.1, -0.05) is 18.2 Å². The van der Waals surface area contributed by atoms with Crippen molar-refractivity contribution in [3.05, 3.63) is 83.3 Å². The minimum atomic E-state index is -3.99. The molecule has 2 aromatic carbocycles. The van der Waals surface area contributed by atoms with Gasteiger partial charge in [0.05, 0.1) is 15.5 Å². The summed E-state index contributed by atoms with van der Waals surface area (Å²) in [5.74, 6) is 0.528. The molecule has 0 bridgehead atoms. The van der Waals surface area contributed by atoms with E-state index >= 15 is 0 Å². The molecule has 0 unspecified atom stereocenters. The summed E-state index contributed by atoms with van der Waals surface area (Å²) in [4.78, 5) is 18.6. The van der Waals surface area contributed by atoms with E-state index in [0.29, 0.717) is 22.7 Å². The van der Waals surface area contributed by atoms with Crippen LogP contribution in [0.3, 0.4) is 0 Å². The minimum Gasteiger partial charge on any atom is -0.291 e. The lowest BCUT2D eigenvalue weighted by atomic mass is 10.1. The zero-order chi connectivity index (χ0) is 19.7. The number of imidazole rings is 1. The summed E-state index contributed by atoms with van der Waals surface area (Å²) in [7, 11) is -3.99. The highest BCUT2D eigenvalue weighted by molar-refractivity contribution is 7.92. The van der Waals surface area contributed by atoms with Gasteiger partial charge in [0.15, 0.2) is 0 Å². The number of hydrogen-bond acceptors (Lipinski definition) is 6. The lowest BCUT2D eigenvalue weighted by Crippen LogP contribution is -2.13. The van der Waals surface area contributed by atoms with Gasteiger partial charge in [0, 0.05) is 42.0 Å². The topological polar surface area (TPSA) is 120 Å². The van der Waals surface area contributed by atoms with E-state index in [1.165, 1.54) is 18.2 Å². The van der Waals surface area contributed by atoms with Crippen LogP contribution in [0.5, 0.6) is 0 Å². The average Bonchev–Trinajstić information content (AvgIpc) is 3.12. The molecule has 1 N–H and O–H groups in total. The van der Waals surface area contributed by atoms with Crippen molar-refractivity contribution in [3.8, 4) is 11.3 Å². The third-order valence-corrected chi connectivity index (χ3v) is 5.36. The van der Waals surface area contributed by atoms with Crippen LogP contribution < -0.4 is 4.72 Å². The van der Waals surface area contributed by atoms with Crippen LogP contribution in [0.1, 0.15) is 0 Å². The molecule has 10 heteroatoms. The second-order valence-corrected chi connectivity index (χ2v) is 7.58. The van der Waals surface area contributed by atoms with Crippen LogP contribution in [0.2, 0.25) is 0 Å². The Morgan fingerprint density at radius 1 is 1.07 bits per heavy atom. The second kappa shape index (κ2) is 6.74. The summed E-state index contributed by atoms with van der Waals surface area (Å²) in [6.07, 6.45) is 5.24. The maximum absolute atomic E-state index is 12.6. The van der Waals surface area contributed by atoms with E-state index in [1.54, 1.807) is 47.1 Å². The maximum Gasteiger partial charge on any atom is 0.270 e. The maximum atomic E-state index is 12.6. The van der Waals surface area contributed by atoms with Gasteiger partial charge in [-0.25, -0.2) is 18.4 Å². The highest BCUT2D eigenvalue weighted by atomic mass is 32.2. The van der Waals surface area contributed by atoms with Gasteiger partial charge in [-0.05, 0) is 24.3 Å². The van der Waals surface area contributed by atoms with E-state index in [2.05, 4.69) is 14.7 Å². The van der Waals surface area contributed by atoms with Crippen LogP contribution in [0.4, 0.5) is 11.4 Å². The van der Waals surface area contributed by atoms with Gasteiger partial charge in [0.25, 0.3) is 15.7 Å². The Morgan fingerprint density at radius 2 is 1.89 bits per heavy atom. The molecular weight excluding hydrogens is 382 g/mol. The molecule has 140 valence electrons. The number of nitro groups is 1. The number of fused-ring (bicyclic) bond motifs is 1. The van der Waals surface area contributed by atoms with Gasteiger partial charge in [-0.3, -0.25) is 19.2 Å². The van der Waals surface area contributed by atoms with E-state index in [1.807, 2.05) is 6.20 Å². The van der Waals surface area contributed by atoms with Crippen molar-refractivity contribution in [2.24, 2.45) is 0 Å². The van der Waals surface area contributed by atoms with E-state index in [4.69, 9.17) is 0 Å². The molecule has 4 aromatic rings. The van der Waals surface area contributed by atoms with Crippen molar-refractivity contribution in [1.29, 1.82) is 0 Å². The third-order valence-electron chi connectivity index (χ3n) is 3.98. The number of nitrogens with zero attached hydrogens (tertiary/aromatic N) is 4. The Balaban J connectivity index is 1.66. The number of aromatic nitrogens is 3. The summed E-state index contributed by atoms with van der Waals surface area (Å²) >= 11 is 0. The van der Waals surface area contributed by atoms with Gasteiger partial charge in [-0.2, -0.15) is 0 Å². The number of non-ortho nitro benzene ring substituents is 1.